The summed E-state index contributed by atoms with van der Waals surface area (Å²) in [5, 5.41) is 11.4. The highest BCUT2D eigenvalue weighted by Crippen LogP contribution is 2.41. The quantitative estimate of drug-likeness (QED) is 0.246. The highest BCUT2D eigenvalue weighted by Gasteiger charge is 2.46. The molecule has 6 heteroatoms. The molecule has 1 amide bonds. The van der Waals surface area contributed by atoms with Gasteiger partial charge in [-0.15, -0.1) is 0 Å². The molecule has 1 aliphatic rings. The van der Waals surface area contributed by atoms with Crippen LogP contribution in [-0.4, -0.2) is 35.4 Å². The lowest BCUT2D eigenvalue weighted by atomic mass is 9.93. The first-order chi connectivity index (χ1) is 17.3. The van der Waals surface area contributed by atoms with Gasteiger partial charge in [0.05, 0.1) is 25.3 Å². The van der Waals surface area contributed by atoms with Crippen molar-refractivity contribution < 1.29 is 24.2 Å². The van der Waals surface area contributed by atoms with Gasteiger partial charge in [-0.25, -0.2) is 0 Å². The van der Waals surface area contributed by atoms with Crippen LogP contribution in [0.2, 0.25) is 0 Å². The van der Waals surface area contributed by atoms with E-state index in [9.17, 15) is 14.7 Å². The van der Waals surface area contributed by atoms with Gasteiger partial charge in [-0.1, -0.05) is 56.3 Å². The number of Topliss-reactive ketones (excluding diaryl/α,β-unsaturated/α-hetero) is 1. The number of aliphatic hydroxyl groups is 1. The number of amides is 1. The number of hydrogen-bond acceptors (Lipinski definition) is 5. The summed E-state index contributed by atoms with van der Waals surface area (Å²) < 4.78 is 11.0. The molecular weight excluding hydrogens is 454 g/mol. The third-order valence-electron chi connectivity index (χ3n) is 6.37. The molecule has 0 radical (unpaired) electrons. The molecule has 3 aromatic rings. The summed E-state index contributed by atoms with van der Waals surface area (Å²) in [5.41, 5.74) is 3.06. The number of methoxy groups -OCH3 is 1. The minimum atomic E-state index is -0.720. The van der Waals surface area contributed by atoms with Crippen LogP contribution in [0.4, 0.5) is 0 Å². The van der Waals surface area contributed by atoms with Gasteiger partial charge >= 0.3 is 0 Å². The second kappa shape index (κ2) is 10.7. The van der Waals surface area contributed by atoms with Crippen LogP contribution in [0.15, 0.2) is 78.4 Å². The maximum Gasteiger partial charge on any atom is 0.295 e. The van der Waals surface area contributed by atoms with Crippen molar-refractivity contribution in [2.45, 2.75) is 39.3 Å². The summed E-state index contributed by atoms with van der Waals surface area (Å²) in [7, 11) is 1.60. The Morgan fingerprint density at radius 3 is 2.31 bits per heavy atom. The van der Waals surface area contributed by atoms with E-state index in [1.165, 1.54) is 4.90 Å². The first-order valence-corrected chi connectivity index (χ1v) is 12.1. The Labute approximate surface area is 211 Å². The predicted octanol–water partition coefficient (Wildman–Crippen LogP) is 5.84. The van der Waals surface area contributed by atoms with Crippen LogP contribution in [0, 0.1) is 0 Å². The van der Waals surface area contributed by atoms with Crippen LogP contribution >= 0.6 is 0 Å². The highest BCUT2D eigenvalue weighted by molar-refractivity contribution is 6.46. The molecular formula is C30H31NO5. The standard InChI is InChI=1S/C30H31NO5/c1-5-36-23-14-11-20(12-15-23)18-31-27(21-9-7-6-8-10-21)26(29(33)30(31)34)28(32)22-13-16-25(35-4)24(17-22)19(2)3/h6-17,19,27,32H,5,18H2,1-4H3/b28-26-. The molecule has 1 saturated heterocycles. The zero-order valence-electron chi connectivity index (χ0n) is 21.0. The fourth-order valence-corrected chi connectivity index (χ4v) is 4.57. The van der Waals surface area contributed by atoms with Gasteiger partial charge in [-0.05, 0) is 59.9 Å². The smallest absolute Gasteiger partial charge is 0.295 e. The number of likely N-dealkylation sites (tertiary alicyclic amines) is 1. The summed E-state index contributed by atoms with van der Waals surface area (Å²) in [6.07, 6.45) is 0. The number of ketones is 1. The number of hydrogen-bond donors (Lipinski definition) is 1. The summed E-state index contributed by atoms with van der Waals surface area (Å²) >= 11 is 0. The van der Waals surface area contributed by atoms with Gasteiger partial charge in [-0.3, -0.25) is 9.59 Å². The van der Waals surface area contributed by atoms with E-state index in [1.54, 1.807) is 19.2 Å². The van der Waals surface area contributed by atoms with Gasteiger partial charge in [0.25, 0.3) is 11.7 Å². The first kappa shape index (κ1) is 25.0. The second-order valence-corrected chi connectivity index (χ2v) is 9.03. The molecule has 186 valence electrons. The molecule has 4 rings (SSSR count). The molecule has 0 aliphatic carbocycles. The first-order valence-electron chi connectivity index (χ1n) is 12.1. The van der Waals surface area contributed by atoms with Gasteiger partial charge < -0.3 is 19.5 Å². The van der Waals surface area contributed by atoms with Crippen LogP contribution in [-0.2, 0) is 16.1 Å². The van der Waals surface area contributed by atoms with Crippen LogP contribution in [0.25, 0.3) is 5.76 Å². The topological polar surface area (TPSA) is 76.1 Å². The van der Waals surface area contributed by atoms with Crippen molar-refractivity contribution in [3.63, 3.8) is 0 Å². The molecule has 6 nitrogen and oxygen atoms in total. The van der Waals surface area contributed by atoms with Crippen LogP contribution in [0.5, 0.6) is 11.5 Å². The molecule has 36 heavy (non-hydrogen) atoms. The maximum atomic E-state index is 13.3. The normalized spacial score (nSPS) is 17.0. The summed E-state index contributed by atoms with van der Waals surface area (Å²) in [6.45, 7) is 6.75. The Bertz CT molecular complexity index is 1280. The van der Waals surface area contributed by atoms with E-state index in [0.717, 1.165) is 22.4 Å². The lowest BCUT2D eigenvalue weighted by Gasteiger charge is -2.25. The zero-order valence-corrected chi connectivity index (χ0v) is 21.0. The number of nitrogens with zero attached hydrogens (tertiary/aromatic N) is 1. The monoisotopic (exact) mass is 485 g/mol. The molecule has 1 fully saturated rings. The van der Waals surface area contributed by atoms with E-state index in [4.69, 9.17) is 9.47 Å². The number of carbonyl (C=O) groups is 2. The third-order valence-corrected chi connectivity index (χ3v) is 6.37. The highest BCUT2D eigenvalue weighted by atomic mass is 16.5. The molecule has 0 bridgehead atoms. The van der Waals surface area contributed by atoms with Crippen molar-refractivity contribution >= 4 is 17.4 Å². The molecule has 1 aliphatic heterocycles. The number of rotatable bonds is 8. The van der Waals surface area contributed by atoms with Crippen molar-refractivity contribution in [1.82, 2.24) is 4.90 Å². The van der Waals surface area contributed by atoms with Crippen LogP contribution < -0.4 is 9.47 Å². The molecule has 0 saturated carbocycles. The molecule has 0 spiro atoms. The summed E-state index contributed by atoms with van der Waals surface area (Å²) in [6, 6.07) is 21.4. The van der Waals surface area contributed by atoms with Crippen molar-refractivity contribution in [2.75, 3.05) is 13.7 Å². The van der Waals surface area contributed by atoms with Gasteiger partial charge in [0.2, 0.25) is 0 Å². The Morgan fingerprint density at radius 1 is 1.00 bits per heavy atom. The lowest BCUT2D eigenvalue weighted by Crippen LogP contribution is -2.29. The van der Waals surface area contributed by atoms with Gasteiger partial charge in [0.1, 0.15) is 17.3 Å². The number of aliphatic hydroxyl groups excluding tert-OH is 1. The average molecular weight is 486 g/mol. The Balaban J connectivity index is 1.80. The van der Waals surface area contributed by atoms with E-state index >= 15 is 0 Å². The number of carbonyl (C=O) groups excluding carboxylic acids is 2. The fraction of sp³-hybridized carbons (Fsp3) is 0.267. The second-order valence-electron chi connectivity index (χ2n) is 9.03. The Kier molecular flexibility index (Phi) is 7.44. The van der Waals surface area contributed by atoms with E-state index in [0.29, 0.717) is 17.9 Å². The molecule has 1 unspecified atom stereocenters. The van der Waals surface area contributed by atoms with Crippen molar-refractivity contribution in [1.29, 1.82) is 0 Å². The predicted molar refractivity (Wildman–Crippen MR) is 139 cm³/mol. The number of benzene rings is 3. The van der Waals surface area contributed by atoms with Crippen molar-refractivity contribution in [2.24, 2.45) is 0 Å². The molecule has 1 N–H and O–H groups in total. The SMILES string of the molecule is CCOc1ccc(CN2C(=O)C(=O)/C(=C(\O)c3ccc(OC)c(C(C)C)c3)C2c2ccccc2)cc1. The van der Waals surface area contributed by atoms with E-state index < -0.39 is 17.7 Å². The van der Waals surface area contributed by atoms with Crippen LogP contribution in [0.1, 0.15) is 55.0 Å². The maximum absolute atomic E-state index is 13.3. The number of ether oxygens (including phenoxy) is 2. The molecule has 3 aromatic carbocycles. The minimum absolute atomic E-state index is 0.0806. The van der Waals surface area contributed by atoms with Crippen molar-refractivity contribution in [3.8, 4) is 11.5 Å². The molecule has 1 atom stereocenters. The van der Waals surface area contributed by atoms with Gasteiger partial charge in [0.15, 0.2) is 0 Å². The van der Waals surface area contributed by atoms with E-state index in [1.807, 2.05) is 81.4 Å². The van der Waals surface area contributed by atoms with Crippen molar-refractivity contribution in [3.05, 3.63) is 101 Å². The van der Waals surface area contributed by atoms with Crippen LogP contribution in [0.3, 0.4) is 0 Å². The molecule has 1 heterocycles. The zero-order chi connectivity index (χ0) is 25.8. The van der Waals surface area contributed by atoms with E-state index in [2.05, 4.69) is 0 Å². The Hall–Kier alpha value is -4.06. The van der Waals surface area contributed by atoms with Gasteiger partial charge in [0, 0.05) is 12.1 Å². The Morgan fingerprint density at radius 2 is 1.69 bits per heavy atom. The van der Waals surface area contributed by atoms with E-state index in [-0.39, 0.29) is 23.8 Å². The largest absolute Gasteiger partial charge is 0.507 e. The fourth-order valence-electron chi connectivity index (χ4n) is 4.57. The lowest BCUT2D eigenvalue weighted by molar-refractivity contribution is -0.140. The average Bonchev–Trinajstić information content (AvgIpc) is 3.14. The minimum Gasteiger partial charge on any atom is -0.507 e. The summed E-state index contributed by atoms with van der Waals surface area (Å²) in [5.74, 6) is 0.0483. The van der Waals surface area contributed by atoms with Gasteiger partial charge in [-0.2, -0.15) is 0 Å². The third kappa shape index (κ3) is 4.85. The summed E-state index contributed by atoms with van der Waals surface area (Å²) in [4.78, 5) is 28.1. The molecule has 0 aromatic heterocycles.